The van der Waals surface area contributed by atoms with Gasteiger partial charge in [-0.3, -0.25) is 0 Å². The van der Waals surface area contributed by atoms with Crippen LogP contribution in [0.4, 0.5) is 4.39 Å². The molecule has 118 valence electrons. The van der Waals surface area contributed by atoms with Crippen molar-refractivity contribution in [3.05, 3.63) is 30.1 Å². The van der Waals surface area contributed by atoms with Crippen molar-refractivity contribution in [2.45, 2.75) is 13.0 Å². The van der Waals surface area contributed by atoms with Crippen molar-refractivity contribution in [2.24, 2.45) is 10.7 Å². The van der Waals surface area contributed by atoms with Crippen LogP contribution in [0.15, 0.2) is 29.3 Å². The molecule has 5 nitrogen and oxygen atoms in total. The van der Waals surface area contributed by atoms with Gasteiger partial charge < -0.3 is 20.1 Å². The SMILES string of the molecule is CC(CN=C(N)N1CCOCC1)Oc1ccccc1F.I. The molecule has 1 aromatic carbocycles. The van der Waals surface area contributed by atoms with Gasteiger partial charge in [-0.2, -0.15) is 0 Å². The molecule has 0 spiro atoms. The molecule has 1 atom stereocenters. The van der Waals surface area contributed by atoms with Crippen molar-refractivity contribution in [3.8, 4) is 5.75 Å². The van der Waals surface area contributed by atoms with E-state index in [1.54, 1.807) is 18.2 Å². The average Bonchev–Trinajstić information content (AvgIpc) is 2.48. The summed E-state index contributed by atoms with van der Waals surface area (Å²) < 4.78 is 24.2. The van der Waals surface area contributed by atoms with Crippen LogP contribution in [0.5, 0.6) is 5.75 Å². The molecule has 0 aromatic heterocycles. The zero-order valence-electron chi connectivity index (χ0n) is 12.0. The molecule has 0 bridgehead atoms. The van der Waals surface area contributed by atoms with Gasteiger partial charge in [-0.15, -0.1) is 24.0 Å². The first-order chi connectivity index (χ1) is 9.66. The number of benzene rings is 1. The summed E-state index contributed by atoms with van der Waals surface area (Å²) >= 11 is 0. The fraction of sp³-hybridized carbons (Fsp3) is 0.500. The summed E-state index contributed by atoms with van der Waals surface area (Å²) in [7, 11) is 0. The third kappa shape index (κ3) is 5.66. The first kappa shape index (κ1) is 18.0. The Morgan fingerprint density at radius 2 is 2.10 bits per heavy atom. The van der Waals surface area contributed by atoms with Gasteiger partial charge in [0.05, 0.1) is 19.8 Å². The molecule has 21 heavy (non-hydrogen) atoms. The highest BCUT2D eigenvalue weighted by Crippen LogP contribution is 2.17. The Morgan fingerprint density at radius 3 is 2.76 bits per heavy atom. The van der Waals surface area contributed by atoms with E-state index in [4.69, 9.17) is 15.2 Å². The normalized spacial score (nSPS) is 17.0. The van der Waals surface area contributed by atoms with Gasteiger partial charge in [-0.25, -0.2) is 9.38 Å². The average molecular weight is 409 g/mol. The molecule has 1 unspecified atom stereocenters. The van der Waals surface area contributed by atoms with E-state index in [-0.39, 0.29) is 41.6 Å². The lowest BCUT2D eigenvalue weighted by atomic mass is 10.3. The highest BCUT2D eigenvalue weighted by atomic mass is 127. The van der Waals surface area contributed by atoms with Crippen LogP contribution in [-0.2, 0) is 4.74 Å². The van der Waals surface area contributed by atoms with Crippen molar-refractivity contribution in [1.82, 2.24) is 4.90 Å². The minimum Gasteiger partial charge on any atom is -0.486 e. The quantitative estimate of drug-likeness (QED) is 0.469. The van der Waals surface area contributed by atoms with Crippen molar-refractivity contribution in [3.63, 3.8) is 0 Å². The van der Waals surface area contributed by atoms with Crippen molar-refractivity contribution in [2.75, 3.05) is 32.8 Å². The molecule has 1 aliphatic rings. The first-order valence-corrected chi connectivity index (χ1v) is 6.70. The zero-order chi connectivity index (χ0) is 14.4. The molecule has 0 amide bonds. The maximum Gasteiger partial charge on any atom is 0.191 e. The fourth-order valence-electron chi connectivity index (χ4n) is 1.91. The molecule has 1 aromatic rings. The predicted molar refractivity (Wildman–Crippen MR) is 90.8 cm³/mol. The Hall–Kier alpha value is -1.09. The van der Waals surface area contributed by atoms with Gasteiger partial charge in [0, 0.05) is 13.1 Å². The summed E-state index contributed by atoms with van der Waals surface area (Å²) in [4.78, 5) is 6.26. The molecule has 2 rings (SSSR count). The molecule has 0 radical (unpaired) electrons. The summed E-state index contributed by atoms with van der Waals surface area (Å²) in [6.45, 7) is 5.05. The Labute approximate surface area is 141 Å². The lowest BCUT2D eigenvalue weighted by molar-refractivity contribution is 0.0673. The van der Waals surface area contributed by atoms with Crippen LogP contribution in [0.1, 0.15) is 6.92 Å². The van der Waals surface area contributed by atoms with Crippen molar-refractivity contribution >= 4 is 29.9 Å². The van der Waals surface area contributed by atoms with Gasteiger partial charge in [0.25, 0.3) is 0 Å². The Kier molecular flexibility index (Phi) is 7.73. The summed E-state index contributed by atoms with van der Waals surface area (Å²) in [6.07, 6.45) is -0.244. The molecule has 0 aliphatic carbocycles. The number of morpholine rings is 1. The minimum absolute atomic E-state index is 0. The molecule has 2 N–H and O–H groups in total. The van der Waals surface area contributed by atoms with E-state index in [9.17, 15) is 4.39 Å². The van der Waals surface area contributed by atoms with Crippen LogP contribution >= 0.6 is 24.0 Å². The topological polar surface area (TPSA) is 60.1 Å². The van der Waals surface area contributed by atoms with Gasteiger partial charge in [0.1, 0.15) is 6.10 Å². The van der Waals surface area contributed by atoms with Crippen LogP contribution in [0.2, 0.25) is 0 Å². The van der Waals surface area contributed by atoms with E-state index in [2.05, 4.69) is 4.99 Å². The van der Waals surface area contributed by atoms with E-state index in [1.165, 1.54) is 6.07 Å². The van der Waals surface area contributed by atoms with E-state index in [0.717, 1.165) is 13.1 Å². The van der Waals surface area contributed by atoms with Gasteiger partial charge in [-0.1, -0.05) is 12.1 Å². The Balaban J connectivity index is 0.00000220. The van der Waals surface area contributed by atoms with E-state index >= 15 is 0 Å². The largest absolute Gasteiger partial charge is 0.486 e. The number of aliphatic imine (C=N–C) groups is 1. The second-order valence-corrected chi connectivity index (χ2v) is 4.66. The van der Waals surface area contributed by atoms with E-state index < -0.39 is 0 Å². The number of hydrogen-bond acceptors (Lipinski definition) is 3. The third-order valence-electron chi connectivity index (χ3n) is 3.01. The van der Waals surface area contributed by atoms with Crippen molar-refractivity contribution < 1.29 is 13.9 Å². The molecule has 7 heteroatoms. The van der Waals surface area contributed by atoms with Crippen LogP contribution in [0.3, 0.4) is 0 Å². The minimum atomic E-state index is -0.371. The highest BCUT2D eigenvalue weighted by Gasteiger charge is 2.13. The van der Waals surface area contributed by atoms with Gasteiger partial charge in [0.2, 0.25) is 0 Å². The maximum absolute atomic E-state index is 13.4. The van der Waals surface area contributed by atoms with Crippen LogP contribution < -0.4 is 10.5 Å². The first-order valence-electron chi connectivity index (χ1n) is 6.70. The smallest absolute Gasteiger partial charge is 0.191 e. The monoisotopic (exact) mass is 409 g/mol. The number of nitrogens with two attached hydrogens (primary N) is 1. The zero-order valence-corrected chi connectivity index (χ0v) is 14.3. The molecule has 1 aliphatic heterocycles. The Bertz CT molecular complexity index is 467. The molecular weight excluding hydrogens is 388 g/mol. The van der Waals surface area contributed by atoms with Crippen LogP contribution in [-0.4, -0.2) is 49.8 Å². The van der Waals surface area contributed by atoms with E-state index in [1.807, 2.05) is 11.8 Å². The van der Waals surface area contributed by atoms with Gasteiger partial charge in [-0.05, 0) is 19.1 Å². The molecule has 0 saturated carbocycles. The van der Waals surface area contributed by atoms with Gasteiger partial charge in [0.15, 0.2) is 17.5 Å². The number of rotatable bonds is 4. The summed E-state index contributed by atoms with van der Waals surface area (Å²) in [5.74, 6) is 0.349. The fourth-order valence-corrected chi connectivity index (χ4v) is 1.91. The molecule has 1 saturated heterocycles. The number of hydrogen-bond donors (Lipinski definition) is 1. The lowest BCUT2D eigenvalue weighted by Gasteiger charge is -2.27. The lowest BCUT2D eigenvalue weighted by Crippen LogP contribution is -2.45. The molecule has 1 fully saturated rings. The van der Waals surface area contributed by atoms with Crippen LogP contribution in [0, 0.1) is 5.82 Å². The molecule has 1 heterocycles. The van der Waals surface area contributed by atoms with Crippen molar-refractivity contribution in [1.29, 1.82) is 0 Å². The predicted octanol–water partition coefficient (Wildman–Crippen LogP) is 1.86. The third-order valence-corrected chi connectivity index (χ3v) is 3.01. The number of para-hydroxylation sites is 1. The summed E-state index contributed by atoms with van der Waals surface area (Å²) in [5.41, 5.74) is 5.91. The van der Waals surface area contributed by atoms with Crippen LogP contribution in [0.25, 0.3) is 0 Å². The standard InChI is InChI=1S/C14H20FN3O2.HI/c1-11(20-13-5-3-2-4-12(13)15)10-17-14(16)18-6-8-19-9-7-18;/h2-5,11H,6-10H2,1H3,(H2,16,17);1H. The van der Waals surface area contributed by atoms with E-state index in [0.29, 0.717) is 25.7 Å². The maximum atomic E-state index is 13.4. The second-order valence-electron chi connectivity index (χ2n) is 4.66. The summed E-state index contributed by atoms with van der Waals surface area (Å²) in [5, 5.41) is 0. The number of guanidine groups is 1. The summed E-state index contributed by atoms with van der Waals surface area (Å²) in [6, 6.07) is 6.33. The van der Waals surface area contributed by atoms with Gasteiger partial charge >= 0.3 is 0 Å². The highest BCUT2D eigenvalue weighted by molar-refractivity contribution is 14.0. The Morgan fingerprint density at radius 1 is 1.43 bits per heavy atom. The second kappa shape index (κ2) is 9.04. The number of halogens is 2. The molecular formula is C14H21FIN3O2. The number of nitrogens with zero attached hydrogens (tertiary/aromatic N) is 2. The number of ether oxygens (including phenoxy) is 2.